The standard InChI is InChI=1S/C15H22OSi/c1-3-14(4-2)11-8-12-16-17-13-15-9-6-5-7-10-15/h3-7,9-10,14H,1-2,8,11-13,17H2. The molecule has 0 N–H and O–H groups in total. The van der Waals surface area contributed by atoms with Crippen LogP contribution < -0.4 is 0 Å². The second-order valence-electron chi connectivity index (χ2n) is 4.13. The minimum atomic E-state index is -0.396. The molecule has 0 radical (unpaired) electrons. The number of hydrogen-bond donors (Lipinski definition) is 0. The van der Waals surface area contributed by atoms with Crippen LogP contribution in [0.25, 0.3) is 0 Å². The molecule has 0 fully saturated rings. The molecule has 17 heavy (non-hydrogen) atoms. The molecule has 1 nitrogen and oxygen atoms in total. The third-order valence-corrected chi connectivity index (χ3v) is 4.17. The maximum Gasteiger partial charge on any atom is 0.165 e. The largest absolute Gasteiger partial charge is 0.424 e. The molecule has 1 aromatic carbocycles. The van der Waals surface area contributed by atoms with Crippen molar-refractivity contribution in [3.63, 3.8) is 0 Å². The average Bonchev–Trinajstić information content (AvgIpc) is 2.39. The quantitative estimate of drug-likeness (QED) is 0.370. The van der Waals surface area contributed by atoms with E-state index in [0.717, 1.165) is 25.5 Å². The first-order valence-electron chi connectivity index (χ1n) is 6.23. The van der Waals surface area contributed by atoms with Crippen molar-refractivity contribution >= 4 is 9.76 Å². The lowest BCUT2D eigenvalue weighted by Crippen LogP contribution is -2.05. The van der Waals surface area contributed by atoms with Crippen molar-refractivity contribution in [1.82, 2.24) is 0 Å². The Bertz CT molecular complexity index is 313. The maximum absolute atomic E-state index is 5.75. The molecule has 1 aromatic rings. The van der Waals surface area contributed by atoms with Crippen LogP contribution in [0.5, 0.6) is 0 Å². The molecule has 0 heterocycles. The van der Waals surface area contributed by atoms with Crippen LogP contribution in [0.1, 0.15) is 18.4 Å². The second-order valence-corrected chi connectivity index (χ2v) is 5.44. The zero-order valence-corrected chi connectivity index (χ0v) is 11.9. The van der Waals surface area contributed by atoms with Gasteiger partial charge in [-0.25, -0.2) is 0 Å². The van der Waals surface area contributed by atoms with E-state index in [1.54, 1.807) is 0 Å². The van der Waals surface area contributed by atoms with Gasteiger partial charge < -0.3 is 4.43 Å². The van der Waals surface area contributed by atoms with Gasteiger partial charge in [0.05, 0.1) is 0 Å². The molecule has 0 bridgehead atoms. The predicted molar refractivity (Wildman–Crippen MR) is 77.8 cm³/mol. The number of hydrogen-bond acceptors (Lipinski definition) is 1. The van der Waals surface area contributed by atoms with E-state index in [4.69, 9.17) is 4.43 Å². The normalized spacial score (nSPS) is 11.1. The van der Waals surface area contributed by atoms with Crippen molar-refractivity contribution < 1.29 is 4.43 Å². The zero-order chi connectivity index (χ0) is 12.3. The van der Waals surface area contributed by atoms with Gasteiger partial charge in [-0.15, -0.1) is 13.2 Å². The van der Waals surface area contributed by atoms with E-state index < -0.39 is 9.76 Å². The molecule has 0 amide bonds. The number of rotatable bonds is 9. The first kappa shape index (κ1) is 13.9. The Morgan fingerprint density at radius 1 is 1.18 bits per heavy atom. The Kier molecular flexibility index (Phi) is 7.35. The van der Waals surface area contributed by atoms with Gasteiger partial charge in [-0.05, 0) is 30.4 Å². The van der Waals surface area contributed by atoms with Crippen molar-refractivity contribution in [2.45, 2.75) is 18.9 Å². The summed E-state index contributed by atoms with van der Waals surface area (Å²) in [5, 5.41) is 0. The summed E-state index contributed by atoms with van der Waals surface area (Å²) in [5.41, 5.74) is 1.40. The Morgan fingerprint density at radius 2 is 1.88 bits per heavy atom. The van der Waals surface area contributed by atoms with Crippen LogP contribution in [0.3, 0.4) is 0 Å². The van der Waals surface area contributed by atoms with Crippen LogP contribution in [0.2, 0.25) is 0 Å². The fourth-order valence-electron chi connectivity index (χ4n) is 1.69. The van der Waals surface area contributed by atoms with Gasteiger partial charge in [0.25, 0.3) is 0 Å². The van der Waals surface area contributed by atoms with Gasteiger partial charge >= 0.3 is 0 Å². The van der Waals surface area contributed by atoms with Crippen LogP contribution in [0.15, 0.2) is 55.6 Å². The van der Waals surface area contributed by atoms with Gasteiger partial charge in [-0.3, -0.25) is 0 Å². The summed E-state index contributed by atoms with van der Waals surface area (Å²) < 4.78 is 5.75. The van der Waals surface area contributed by atoms with Crippen LogP contribution in [-0.4, -0.2) is 16.4 Å². The lowest BCUT2D eigenvalue weighted by Gasteiger charge is -2.07. The van der Waals surface area contributed by atoms with Crippen LogP contribution in [0, 0.1) is 5.92 Å². The van der Waals surface area contributed by atoms with E-state index in [2.05, 4.69) is 43.5 Å². The van der Waals surface area contributed by atoms with E-state index in [-0.39, 0.29) is 0 Å². The van der Waals surface area contributed by atoms with Gasteiger partial charge in [0, 0.05) is 6.61 Å². The highest BCUT2D eigenvalue weighted by Crippen LogP contribution is 2.08. The van der Waals surface area contributed by atoms with Crippen molar-refractivity contribution in [3.05, 3.63) is 61.2 Å². The van der Waals surface area contributed by atoms with Crippen LogP contribution in [-0.2, 0) is 10.5 Å². The monoisotopic (exact) mass is 246 g/mol. The smallest absolute Gasteiger partial charge is 0.165 e. The number of allylic oxidation sites excluding steroid dienone is 2. The Labute approximate surface area is 107 Å². The number of benzene rings is 1. The topological polar surface area (TPSA) is 9.23 Å². The molecule has 0 spiro atoms. The summed E-state index contributed by atoms with van der Waals surface area (Å²) in [5.74, 6) is 0.439. The van der Waals surface area contributed by atoms with E-state index in [9.17, 15) is 0 Å². The third kappa shape index (κ3) is 6.24. The molecule has 0 saturated heterocycles. The molecular weight excluding hydrogens is 224 g/mol. The molecule has 0 aliphatic carbocycles. The van der Waals surface area contributed by atoms with Crippen LogP contribution in [0.4, 0.5) is 0 Å². The highest BCUT2D eigenvalue weighted by molar-refractivity contribution is 6.26. The lowest BCUT2D eigenvalue weighted by molar-refractivity contribution is 0.318. The zero-order valence-electron chi connectivity index (χ0n) is 10.5. The molecule has 0 atom stereocenters. The summed E-state index contributed by atoms with van der Waals surface area (Å²) in [6.07, 6.45) is 6.11. The van der Waals surface area contributed by atoms with E-state index in [1.807, 2.05) is 12.2 Å². The van der Waals surface area contributed by atoms with E-state index >= 15 is 0 Å². The summed E-state index contributed by atoms with van der Waals surface area (Å²) in [6, 6.07) is 11.7. The minimum absolute atomic E-state index is 0.396. The molecule has 0 aliphatic heterocycles. The molecule has 2 heteroatoms. The first-order chi connectivity index (χ1) is 8.36. The van der Waals surface area contributed by atoms with Crippen molar-refractivity contribution in [3.8, 4) is 0 Å². The van der Waals surface area contributed by atoms with E-state index in [0.29, 0.717) is 5.92 Å². The molecule has 0 aliphatic rings. The summed E-state index contributed by atoms with van der Waals surface area (Å²) >= 11 is 0. The van der Waals surface area contributed by atoms with Gasteiger partial charge in [-0.2, -0.15) is 0 Å². The fourth-order valence-corrected chi connectivity index (χ4v) is 2.81. The minimum Gasteiger partial charge on any atom is -0.424 e. The lowest BCUT2D eigenvalue weighted by atomic mass is 10.0. The van der Waals surface area contributed by atoms with Crippen molar-refractivity contribution in [1.29, 1.82) is 0 Å². The highest BCUT2D eigenvalue weighted by Gasteiger charge is 1.98. The average molecular weight is 246 g/mol. The van der Waals surface area contributed by atoms with Crippen molar-refractivity contribution in [2.75, 3.05) is 6.61 Å². The van der Waals surface area contributed by atoms with E-state index in [1.165, 1.54) is 5.56 Å². The second kappa shape index (κ2) is 8.96. The predicted octanol–water partition coefficient (Wildman–Crippen LogP) is 3.06. The van der Waals surface area contributed by atoms with Gasteiger partial charge in [0.2, 0.25) is 0 Å². The molecule has 0 aromatic heterocycles. The Morgan fingerprint density at radius 3 is 2.53 bits per heavy atom. The maximum atomic E-state index is 5.75. The van der Waals surface area contributed by atoms with Gasteiger partial charge in [0.15, 0.2) is 9.76 Å². The summed E-state index contributed by atoms with van der Waals surface area (Å²) in [4.78, 5) is 0. The van der Waals surface area contributed by atoms with Crippen molar-refractivity contribution in [2.24, 2.45) is 5.92 Å². The van der Waals surface area contributed by atoms with Gasteiger partial charge in [-0.1, -0.05) is 42.5 Å². The summed E-state index contributed by atoms with van der Waals surface area (Å²) in [6.45, 7) is 8.45. The Hall–Kier alpha value is -1.12. The fraction of sp³-hybridized carbons (Fsp3) is 0.333. The molecule has 0 unspecified atom stereocenters. The molecule has 1 rings (SSSR count). The first-order valence-corrected chi connectivity index (χ1v) is 7.81. The molecule has 92 valence electrons. The SMILES string of the molecule is C=CC(C=C)CCCO[SiH2]Cc1ccccc1. The molecule has 0 saturated carbocycles. The van der Waals surface area contributed by atoms with Gasteiger partial charge in [0.1, 0.15) is 0 Å². The van der Waals surface area contributed by atoms with Crippen LogP contribution >= 0.6 is 0 Å². The Balaban J connectivity index is 2.01. The summed E-state index contributed by atoms with van der Waals surface area (Å²) in [7, 11) is -0.396. The highest BCUT2D eigenvalue weighted by atomic mass is 28.2. The third-order valence-electron chi connectivity index (χ3n) is 2.81. The molecular formula is C15H22OSi.